The number of carboxylic acid groups (broad SMARTS) is 1. The highest BCUT2D eigenvalue weighted by atomic mass is 35.5. The lowest BCUT2D eigenvalue weighted by Gasteiger charge is -2.09. The number of pyridine rings is 1. The molecule has 6 heteroatoms. The summed E-state index contributed by atoms with van der Waals surface area (Å²) in [6.45, 7) is 0. The van der Waals surface area contributed by atoms with Crippen molar-refractivity contribution in [3.05, 3.63) is 52.9 Å². The predicted molar refractivity (Wildman–Crippen MR) is 65.9 cm³/mol. The van der Waals surface area contributed by atoms with E-state index in [0.29, 0.717) is 10.7 Å². The van der Waals surface area contributed by atoms with Crippen molar-refractivity contribution in [1.29, 1.82) is 0 Å². The van der Waals surface area contributed by atoms with Crippen molar-refractivity contribution >= 4 is 29.1 Å². The van der Waals surface area contributed by atoms with Gasteiger partial charge in [-0.05, 0) is 18.2 Å². The number of nitrogens with one attached hydrogen (secondary N) is 1. The number of aromatic nitrogens is 1. The third-order valence-electron chi connectivity index (χ3n) is 2.21. The third kappa shape index (κ3) is 2.57. The lowest BCUT2D eigenvalue weighted by molar-refractivity contribution is 0.0697. The molecular weight excluding hydrogens is 259 g/mol. The second-order valence-corrected chi connectivity index (χ2v) is 3.87. The van der Waals surface area contributed by atoms with Gasteiger partial charge in [0, 0.05) is 0 Å². The zero-order valence-corrected chi connectivity index (χ0v) is 9.78. The molecule has 0 bridgehead atoms. The maximum atomic E-state index is 12.9. The predicted octanol–water partition coefficient (Wildman–Crippen LogP) is 3.32. The summed E-state index contributed by atoms with van der Waals surface area (Å²) in [5.41, 5.74) is 0.246. The lowest BCUT2D eigenvalue weighted by Crippen LogP contribution is -2.05. The minimum atomic E-state index is -1.27. The summed E-state index contributed by atoms with van der Waals surface area (Å²) in [4.78, 5) is 14.7. The monoisotopic (exact) mass is 266 g/mol. The van der Waals surface area contributed by atoms with E-state index in [0.717, 1.165) is 12.3 Å². The van der Waals surface area contributed by atoms with Gasteiger partial charge in [-0.3, -0.25) is 0 Å². The average Bonchev–Trinajstić information content (AvgIpc) is 2.34. The molecule has 0 amide bonds. The maximum Gasteiger partial charge on any atom is 0.339 e. The number of hydrogen-bond acceptors (Lipinski definition) is 3. The molecule has 2 aromatic rings. The number of anilines is 2. The number of para-hydroxylation sites is 1. The number of aromatic carboxylic acids is 1. The molecule has 0 spiro atoms. The van der Waals surface area contributed by atoms with Crippen LogP contribution in [0.2, 0.25) is 5.02 Å². The zero-order chi connectivity index (χ0) is 13.1. The van der Waals surface area contributed by atoms with Crippen LogP contribution in [0.1, 0.15) is 10.4 Å². The summed E-state index contributed by atoms with van der Waals surface area (Å²) in [5, 5.41) is 12.1. The van der Waals surface area contributed by atoms with E-state index >= 15 is 0 Å². The molecule has 1 aromatic heterocycles. The molecular formula is C12H8ClFN2O2. The van der Waals surface area contributed by atoms with Crippen LogP contribution < -0.4 is 5.32 Å². The summed E-state index contributed by atoms with van der Waals surface area (Å²) >= 11 is 5.93. The van der Waals surface area contributed by atoms with E-state index in [4.69, 9.17) is 16.7 Å². The van der Waals surface area contributed by atoms with Gasteiger partial charge in [-0.2, -0.15) is 0 Å². The molecule has 0 saturated heterocycles. The highest BCUT2D eigenvalue weighted by Crippen LogP contribution is 2.25. The van der Waals surface area contributed by atoms with Gasteiger partial charge in [0.1, 0.15) is 17.2 Å². The summed E-state index contributed by atoms with van der Waals surface area (Å²) in [6.07, 6.45) is 0.936. The summed E-state index contributed by atoms with van der Waals surface area (Å²) in [5.74, 6) is -1.94. The van der Waals surface area contributed by atoms with E-state index in [2.05, 4.69) is 10.3 Å². The van der Waals surface area contributed by atoms with Crippen LogP contribution in [0.15, 0.2) is 36.5 Å². The Morgan fingerprint density at radius 3 is 2.78 bits per heavy atom. The highest BCUT2D eigenvalue weighted by molar-refractivity contribution is 6.33. The van der Waals surface area contributed by atoms with Gasteiger partial charge in [0.2, 0.25) is 0 Å². The van der Waals surface area contributed by atoms with Crippen molar-refractivity contribution < 1.29 is 14.3 Å². The fourth-order valence-corrected chi connectivity index (χ4v) is 1.58. The van der Waals surface area contributed by atoms with Crippen molar-refractivity contribution in [3.8, 4) is 0 Å². The Balaban J connectivity index is 2.41. The van der Waals surface area contributed by atoms with Crippen molar-refractivity contribution in [2.45, 2.75) is 0 Å². The maximum absolute atomic E-state index is 12.9. The van der Waals surface area contributed by atoms with Crippen molar-refractivity contribution in [3.63, 3.8) is 0 Å². The molecule has 18 heavy (non-hydrogen) atoms. The smallest absolute Gasteiger partial charge is 0.339 e. The van der Waals surface area contributed by atoms with Gasteiger partial charge < -0.3 is 10.4 Å². The van der Waals surface area contributed by atoms with Gasteiger partial charge in [-0.15, -0.1) is 0 Å². The lowest BCUT2D eigenvalue weighted by atomic mass is 10.2. The number of rotatable bonds is 3. The number of hydrogen-bond donors (Lipinski definition) is 2. The minimum Gasteiger partial charge on any atom is -0.478 e. The molecule has 92 valence electrons. The highest BCUT2D eigenvalue weighted by Gasteiger charge is 2.13. The molecule has 0 fully saturated rings. The Kier molecular flexibility index (Phi) is 3.43. The normalized spacial score (nSPS) is 10.1. The molecule has 1 aromatic carbocycles. The summed E-state index contributed by atoms with van der Waals surface area (Å²) < 4.78 is 12.9. The molecule has 0 radical (unpaired) electrons. The Labute approximate surface area is 107 Å². The van der Waals surface area contributed by atoms with Crippen molar-refractivity contribution in [2.75, 3.05) is 5.32 Å². The van der Waals surface area contributed by atoms with Gasteiger partial charge >= 0.3 is 5.97 Å². The van der Waals surface area contributed by atoms with Crippen LogP contribution in [-0.4, -0.2) is 16.1 Å². The standard InChI is InChI=1S/C12H8ClFN2O2/c13-9-3-1-2-4-10(9)16-11-8(12(17)18)5-7(14)6-15-11/h1-6H,(H,15,16)(H,17,18). The van der Waals surface area contributed by atoms with Crippen LogP contribution in [0.5, 0.6) is 0 Å². The number of carboxylic acids is 1. The molecule has 4 nitrogen and oxygen atoms in total. The zero-order valence-electron chi connectivity index (χ0n) is 9.02. The van der Waals surface area contributed by atoms with Crippen LogP contribution >= 0.6 is 11.6 Å². The number of benzene rings is 1. The van der Waals surface area contributed by atoms with Gasteiger partial charge in [-0.25, -0.2) is 14.2 Å². The number of carbonyl (C=O) groups is 1. The van der Waals surface area contributed by atoms with Crippen molar-refractivity contribution in [2.24, 2.45) is 0 Å². The topological polar surface area (TPSA) is 62.2 Å². The van der Waals surface area contributed by atoms with E-state index in [1.165, 1.54) is 0 Å². The first-order chi connectivity index (χ1) is 8.58. The van der Waals surface area contributed by atoms with Crippen molar-refractivity contribution in [1.82, 2.24) is 4.98 Å². The van der Waals surface area contributed by atoms with Gasteiger partial charge in [0.25, 0.3) is 0 Å². The van der Waals surface area contributed by atoms with E-state index in [1.807, 2.05) is 0 Å². The van der Waals surface area contributed by atoms with E-state index in [9.17, 15) is 9.18 Å². The second-order valence-electron chi connectivity index (χ2n) is 3.46. The molecule has 0 aliphatic rings. The fourth-order valence-electron chi connectivity index (χ4n) is 1.39. The first kappa shape index (κ1) is 12.3. The van der Waals surface area contributed by atoms with Gasteiger partial charge in [-0.1, -0.05) is 23.7 Å². The molecule has 1 heterocycles. The van der Waals surface area contributed by atoms with Gasteiger partial charge in [0.15, 0.2) is 0 Å². The molecule has 0 aliphatic heterocycles. The van der Waals surface area contributed by atoms with E-state index in [1.54, 1.807) is 24.3 Å². The first-order valence-electron chi connectivity index (χ1n) is 4.98. The third-order valence-corrected chi connectivity index (χ3v) is 2.54. The Morgan fingerprint density at radius 2 is 2.11 bits per heavy atom. The van der Waals surface area contributed by atoms with Crippen LogP contribution in [-0.2, 0) is 0 Å². The molecule has 0 saturated carbocycles. The summed E-state index contributed by atoms with van der Waals surface area (Å²) in [6, 6.07) is 7.68. The minimum absolute atomic E-state index is 0.0389. The average molecular weight is 267 g/mol. The van der Waals surface area contributed by atoms with Crippen LogP contribution in [0.25, 0.3) is 0 Å². The number of nitrogens with zero attached hydrogens (tertiary/aromatic N) is 1. The van der Waals surface area contributed by atoms with E-state index < -0.39 is 11.8 Å². The van der Waals surface area contributed by atoms with E-state index in [-0.39, 0.29) is 11.4 Å². The molecule has 0 unspecified atom stereocenters. The SMILES string of the molecule is O=C(O)c1cc(F)cnc1Nc1ccccc1Cl. The van der Waals surface area contributed by atoms with Crippen LogP contribution in [0.3, 0.4) is 0 Å². The quantitative estimate of drug-likeness (QED) is 0.895. The fraction of sp³-hybridized carbons (Fsp3) is 0. The van der Waals surface area contributed by atoms with Gasteiger partial charge in [0.05, 0.1) is 16.9 Å². The largest absolute Gasteiger partial charge is 0.478 e. The Bertz CT molecular complexity index is 604. The first-order valence-corrected chi connectivity index (χ1v) is 5.36. The Morgan fingerprint density at radius 1 is 1.39 bits per heavy atom. The second kappa shape index (κ2) is 5.01. The molecule has 2 rings (SSSR count). The van der Waals surface area contributed by atoms with Crippen LogP contribution in [0.4, 0.5) is 15.9 Å². The summed E-state index contributed by atoms with van der Waals surface area (Å²) in [7, 11) is 0. The Hall–Kier alpha value is -2.14. The molecule has 2 N–H and O–H groups in total. The van der Waals surface area contributed by atoms with Crippen LogP contribution in [0, 0.1) is 5.82 Å². The number of halogens is 2. The molecule has 0 atom stereocenters. The molecule has 0 aliphatic carbocycles.